The number of rotatable bonds is 6. The molecule has 0 amide bonds. The van der Waals surface area contributed by atoms with E-state index in [1.54, 1.807) is 6.07 Å². The molecule has 2 atom stereocenters. The summed E-state index contributed by atoms with van der Waals surface area (Å²) in [6.45, 7) is 1.70. The Morgan fingerprint density at radius 3 is 2.85 bits per heavy atom. The van der Waals surface area contributed by atoms with Gasteiger partial charge in [0.05, 0.1) is 17.9 Å². The smallest absolute Gasteiger partial charge is 0.261 e. The van der Waals surface area contributed by atoms with Gasteiger partial charge in [-0.1, -0.05) is 0 Å². The van der Waals surface area contributed by atoms with Crippen molar-refractivity contribution in [2.45, 2.75) is 36.4 Å². The van der Waals surface area contributed by atoms with Crippen LogP contribution >= 0.6 is 24.2 Å². The maximum atomic E-state index is 14.3. The first-order valence-corrected chi connectivity index (χ1v) is 9.96. The van der Waals surface area contributed by atoms with Gasteiger partial charge in [-0.05, 0) is 31.7 Å². The molecule has 2 heterocycles. The summed E-state index contributed by atoms with van der Waals surface area (Å²) in [5.41, 5.74) is -0.240. The normalized spacial score (nSPS) is 22.4. The highest BCUT2D eigenvalue weighted by atomic mass is 35.5. The van der Waals surface area contributed by atoms with Crippen molar-refractivity contribution >= 4 is 35.1 Å². The fraction of sp³-hybridized carbons (Fsp3) is 0.556. The fourth-order valence-electron chi connectivity index (χ4n) is 3.07. The summed E-state index contributed by atoms with van der Waals surface area (Å²) in [5, 5.41) is 2.83. The number of H-pyrrole nitrogens is 1. The van der Waals surface area contributed by atoms with Crippen LogP contribution in [0.4, 0.5) is 8.78 Å². The minimum atomic E-state index is -0.916. The van der Waals surface area contributed by atoms with E-state index >= 15 is 0 Å². The van der Waals surface area contributed by atoms with Crippen molar-refractivity contribution in [3.8, 4) is 5.75 Å². The number of hydrogen-bond acceptors (Lipinski definition) is 5. The number of halogens is 3. The lowest BCUT2D eigenvalue weighted by molar-refractivity contribution is 0.275. The Bertz CT molecular complexity index is 862. The molecule has 0 bridgehead atoms. The van der Waals surface area contributed by atoms with Crippen LogP contribution in [-0.4, -0.2) is 41.1 Å². The molecular formula is C18H22ClF2N3O2S. The first kappa shape index (κ1) is 20.4. The summed E-state index contributed by atoms with van der Waals surface area (Å²) >= 11 is 1.43. The standard InChI is InChI=1S/C18H21F2N3O2S.ClH/c19-12-5-11(25-8-10-1-2-10)6-14-17(12)18(24)23-16(22-14)9-26-15-3-4-21-7-13(15)20;/h5-6,10,13,15,21H,1-4,7-9H2,(H,22,23,24);1H/t13-,15-;/m1./s1. The fourth-order valence-corrected chi connectivity index (χ4v) is 4.17. The van der Waals surface area contributed by atoms with E-state index in [1.165, 1.54) is 17.8 Å². The van der Waals surface area contributed by atoms with E-state index in [0.29, 0.717) is 36.4 Å². The van der Waals surface area contributed by atoms with Crippen molar-refractivity contribution < 1.29 is 13.5 Å². The lowest BCUT2D eigenvalue weighted by atomic mass is 10.1. The maximum Gasteiger partial charge on any atom is 0.261 e. The molecule has 9 heteroatoms. The third-order valence-electron chi connectivity index (χ3n) is 4.75. The minimum Gasteiger partial charge on any atom is -0.493 e. The number of thioether (sulfide) groups is 1. The molecule has 1 aromatic heterocycles. The number of piperidine rings is 1. The van der Waals surface area contributed by atoms with Crippen LogP contribution in [0.25, 0.3) is 10.9 Å². The average Bonchev–Trinajstić information content (AvgIpc) is 3.43. The van der Waals surface area contributed by atoms with Crippen molar-refractivity contribution in [2.24, 2.45) is 5.92 Å². The SMILES string of the molecule is Cl.O=c1[nH]c(CS[C@@H]2CCNC[C@H]2F)nc2cc(OCC3CC3)cc(F)c12. The number of fused-ring (bicyclic) bond motifs is 1. The third-order valence-corrected chi connectivity index (χ3v) is 6.15. The third kappa shape index (κ3) is 4.92. The molecule has 4 rings (SSSR count). The Morgan fingerprint density at radius 2 is 2.11 bits per heavy atom. The molecule has 2 aliphatic rings. The van der Waals surface area contributed by atoms with Gasteiger partial charge in [-0.3, -0.25) is 4.79 Å². The van der Waals surface area contributed by atoms with Gasteiger partial charge in [0.1, 0.15) is 28.9 Å². The molecule has 2 fully saturated rings. The molecule has 1 saturated carbocycles. The molecule has 1 aromatic carbocycles. The van der Waals surface area contributed by atoms with Crippen LogP contribution in [-0.2, 0) is 5.75 Å². The van der Waals surface area contributed by atoms with Crippen LogP contribution in [0.3, 0.4) is 0 Å². The van der Waals surface area contributed by atoms with Crippen LogP contribution < -0.4 is 15.6 Å². The van der Waals surface area contributed by atoms with Gasteiger partial charge < -0.3 is 15.0 Å². The number of nitrogens with zero attached hydrogens (tertiary/aromatic N) is 1. The van der Waals surface area contributed by atoms with E-state index in [2.05, 4.69) is 15.3 Å². The van der Waals surface area contributed by atoms with Crippen LogP contribution in [0.5, 0.6) is 5.75 Å². The molecule has 1 saturated heterocycles. The molecule has 1 aliphatic heterocycles. The Morgan fingerprint density at radius 1 is 1.30 bits per heavy atom. The van der Waals surface area contributed by atoms with E-state index < -0.39 is 17.5 Å². The van der Waals surface area contributed by atoms with Crippen molar-refractivity contribution in [3.05, 3.63) is 34.1 Å². The molecule has 2 aromatic rings. The van der Waals surface area contributed by atoms with Crippen LogP contribution in [0, 0.1) is 11.7 Å². The lowest BCUT2D eigenvalue weighted by Crippen LogP contribution is -2.39. The monoisotopic (exact) mass is 417 g/mol. The number of ether oxygens (including phenoxy) is 1. The molecule has 0 radical (unpaired) electrons. The predicted molar refractivity (Wildman–Crippen MR) is 105 cm³/mol. The van der Waals surface area contributed by atoms with Crippen molar-refractivity contribution in [1.29, 1.82) is 0 Å². The first-order valence-electron chi connectivity index (χ1n) is 8.92. The second kappa shape index (κ2) is 8.75. The highest BCUT2D eigenvalue weighted by Gasteiger charge is 2.25. The van der Waals surface area contributed by atoms with Crippen molar-refractivity contribution in [1.82, 2.24) is 15.3 Å². The Kier molecular flexibility index (Phi) is 6.60. The van der Waals surface area contributed by atoms with Gasteiger partial charge >= 0.3 is 0 Å². The Hall–Kier alpha value is -1.38. The van der Waals surface area contributed by atoms with Gasteiger partial charge in [0.25, 0.3) is 5.56 Å². The summed E-state index contributed by atoms with van der Waals surface area (Å²) in [6.07, 6.45) is 2.10. The Labute approximate surface area is 166 Å². The topological polar surface area (TPSA) is 67.0 Å². The first-order chi connectivity index (χ1) is 12.6. The number of benzene rings is 1. The second-order valence-corrected chi connectivity index (χ2v) is 8.15. The zero-order valence-corrected chi connectivity index (χ0v) is 16.3. The Balaban J connectivity index is 0.00000210. The van der Waals surface area contributed by atoms with Gasteiger partial charge in [-0.15, -0.1) is 24.2 Å². The number of aromatic amines is 1. The predicted octanol–water partition coefficient (Wildman–Crippen LogP) is 3.21. The van der Waals surface area contributed by atoms with Gasteiger partial charge in [-0.25, -0.2) is 13.8 Å². The summed E-state index contributed by atoms with van der Waals surface area (Å²) in [5.74, 6) is 1.11. The molecule has 0 unspecified atom stereocenters. The van der Waals surface area contributed by atoms with Gasteiger partial charge in [-0.2, -0.15) is 0 Å². The van der Waals surface area contributed by atoms with Crippen molar-refractivity contribution in [3.63, 3.8) is 0 Å². The van der Waals surface area contributed by atoms with E-state index in [9.17, 15) is 13.6 Å². The van der Waals surface area contributed by atoms with E-state index in [0.717, 1.165) is 25.8 Å². The molecule has 1 aliphatic carbocycles. The van der Waals surface area contributed by atoms with Crippen LogP contribution in [0.2, 0.25) is 0 Å². The van der Waals surface area contributed by atoms with Gasteiger partial charge in [0.2, 0.25) is 0 Å². The highest BCUT2D eigenvalue weighted by molar-refractivity contribution is 7.99. The highest BCUT2D eigenvalue weighted by Crippen LogP contribution is 2.30. The molecule has 2 N–H and O–H groups in total. The van der Waals surface area contributed by atoms with Gasteiger partial charge in [0.15, 0.2) is 0 Å². The summed E-state index contributed by atoms with van der Waals surface area (Å²) in [6, 6.07) is 2.84. The number of hydrogen-bond donors (Lipinski definition) is 2. The van der Waals surface area contributed by atoms with E-state index in [4.69, 9.17) is 4.74 Å². The number of aromatic nitrogens is 2. The zero-order valence-electron chi connectivity index (χ0n) is 14.7. The van der Waals surface area contributed by atoms with Gasteiger partial charge in [0, 0.05) is 23.9 Å². The largest absolute Gasteiger partial charge is 0.493 e. The molecule has 27 heavy (non-hydrogen) atoms. The average molecular weight is 418 g/mol. The molecule has 5 nitrogen and oxygen atoms in total. The number of nitrogens with one attached hydrogen (secondary N) is 2. The van der Waals surface area contributed by atoms with Crippen LogP contribution in [0.1, 0.15) is 25.1 Å². The zero-order chi connectivity index (χ0) is 18.1. The van der Waals surface area contributed by atoms with Crippen molar-refractivity contribution in [2.75, 3.05) is 19.7 Å². The second-order valence-electron chi connectivity index (χ2n) is 6.92. The maximum absolute atomic E-state index is 14.3. The molecule has 0 spiro atoms. The quantitative estimate of drug-likeness (QED) is 0.755. The molecular weight excluding hydrogens is 396 g/mol. The summed E-state index contributed by atoms with van der Waals surface area (Å²) < 4.78 is 33.8. The lowest BCUT2D eigenvalue weighted by Gasteiger charge is -2.25. The number of alkyl halides is 1. The van der Waals surface area contributed by atoms with E-state index in [-0.39, 0.29) is 28.6 Å². The van der Waals surface area contributed by atoms with E-state index in [1.807, 2.05) is 0 Å². The summed E-state index contributed by atoms with van der Waals surface area (Å²) in [4.78, 5) is 19.2. The van der Waals surface area contributed by atoms with Crippen LogP contribution in [0.15, 0.2) is 16.9 Å². The summed E-state index contributed by atoms with van der Waals surface area (Å²) in [7, 11) is 0. The molecule has 148 valence electrons. The minimum absolute atomic E-state index is 0.